The summed E-state index contributed by atoms with van der Waals surface area (Å²) < 4.78 is 28.0. The van der Waals surface area contributed by atoms with Crippen molar-refractivity contribution in [3.63, 3.8) is 0 Å². The molecule has 0 aliphatic heterocycles. The molecule has 3 aromatic carbocycles. The van der Waals surface area contributed by atoms with Gasteiger partial charge in [-0.15, -0.1) is 0 Å². The average molecular weight is 1050 g/mol. The molecule has 0 heterocycles. The van der Waals surface area contributed by atoms with Gasteiger partial charge < -0.3 is 52.5 Å². The van der Waals surface area contributed by atoms with Crippen molar-refractivity contribution in [3.8, 4) is 0 Å². The second-order valence-electron chi connectivity index (χ2n) is 18.1. The summed E-state index contributed by atoms with van der Waals surface area (Å²) in [4.78, 5) is 145. The highest BCUT2D eigenvalue weighted by molar-refractivity contribution is 6.38. The van der Waals surface area contributed by atoms with E-state index in [4.69, 9.17) is 0 Å². The number of Topliss-reactive ketones (excluding diaryl/α,β-unsaturated/α-hetero) is 1. The van der Waals surface area contributed by atoms with Crippen LogP contribution in [-0.2, 0) is 59.3 Å². The fourth-order valence-corrected chi connectivity index (χ4v) is 8.65. The predicted molar refractivity (Wildman–Crippen MR) is 263 cm³/mol. The number of rotatable bonds is 30. The summed E-state index contributed by atoms with van der Waals surface area (Å²) in [6.45, 7) is 0.873. The highest BCUT2D eigenvalue weighted by Crippen LogP contribution is 2.30. The van der Waals surface area contributed by atoms with Gasteiger partial charge in [0, 0.05) is 38.6 Å². The summed E-state index contributed by atoms with van der Waals surface area (Å²) in [5, 5.41) is 45.4. The van der Waals surface area contributed by atoms with Crippen molar-refractivity contribution in [2.75, 3.05) is 0 Å². The maximum absolute atomic E-state index is 15.0. The first kappa shape index (κ1) is 59.5. The first-order valence-corrected chi connectivity index (χ1v) is 24.4. The number of alkyl halides is 2. The first-order valence-electron chi connectivity index (χ1n) is 24.4. The summed E-state index contributed by atoms with van der Waals surface area (Å²) in [5.74, 6) is -14.9. The third kappa shape index (κ3) is 20.4. The Balaban J connectivity index is 1.73. The lowest BCUT2D eigenvalue weighted by Gasteiger charge is -2.32. The number of nitrogens with one attached hydrogen (secondary N) is 7. The molecule has 404 valence electrons. The lowest BCUT2D eigenvalue weighted by Crippen LogP contribution is -2.61. The molecule has 7 amide bonds. The van der Waals surface area contributed by atoms with Crippen LogP contribution < -0.4 is 37.2 Å². The zero-order chi connectivity index (χ0) is 55.0. The van der Waals surface area contributed by atoms with Gasteiger partial charge in [0.2, 0.25) is 47.7 Å². The fraction of sp³-hybridized carbons (Fsp3) is 0.442. The standard InChI is InChI=1S/C52H63F2N7O14/c1-30(62)56-39(28-43(67)68)50(73)57-36(23-25-42(65)66)48(71)61-45(44(33-18-10-4-11-19-33)34-20-12-5-13-21-34)51(74)58-35(22-24-41(63)64)47(70)60-38(26-31-14-6-2-7-15-31)49(72)59-37(27-40(53)54)46(69)52(75)55-29-32-16-8-3-9-17-32/h3-5,8-13,16-21,31,35-40,44-45H,2,6-7,14-15,22-29H2,1H3,(H,55,75)(H,56,62)(H,57,73)(H,58,74)(H,59,72)(H,60,70)(H,61,71)(H,63,64)(H,65,66)(H,67,68)/t35-,36-,37-,38-,39-,45-/m0/s1. The molecule has 10 N–H and O–H groups in total. The van der Waals surface area contributed by atoms with Gasteiger partial charge >= 0.3 is 17.9 Å². The fourth-order valence-electron chi connectivity index (χ4n) is 8.65. The van der Waals surface area contributed by atoms with E-state index in [0.717, 1.165) is 26.2 Å². The molecule has 1 aliphatic carbocycles. The molecule has 1 fully saturated rings. The number of carbonyl (C=O) groups excluding carboxylic acids is 8. The number of aliphatic carboxylic acids is 3. The molecule has 0 saturated heterocycles. The summed E-state index contributed by atoms with van der Waals surface area (Å²) in [6.07, 6.45) is -4.56. The number of hydrogen-bond acceptors (Lipinski definition) is 11. The average Bonchev–Trinajstić information content (AvgIpc) is 3.37. The van der Waals surface area contributed by atoms with Crippen LogP contribution in [0.3, 0.4) is 0 Å². The van der Waals surface area contributed by atoms with Gasteiger partial charge in [-0.05, 0) is 41.9 Å². The Hall–Kier alpha value is -8.11. The van der Waals surface area contributed by atoms with Crippen molar-refractivity contribution >= 4 is 65.0 Å². The number of carboxylic acids is 3. The summed E-state index contributed by atoms with van der Waals surface area (Å²) in [7, 11) is 0. The van der Waals surface area contributed by atoms with Crippen molar-refractivity contribution in [3.05, 3.63) is 108 Å². The number of halogens is 2. The Bertz CT molecular complexity index is 2410. The van der Waals surface area contributed by atoms with Crippen molar-refractivity contribution in [1.82, 2.24) is 37.2 Å². The van der Waals surface area contributed by atoms with Gasteiger partial charge in [-0.3, -0.25) is 52.7 Å². The number of carbonyl (C=O) groups is 11. The normalized spacial score (nSPS) is 14.8. The molecule has 0 bridgehead atoms. The van der Waals surface area contributed by atoms with Gasteiger partial charge in [0.1, 0.15) is 36.3 Å². The molecule has 6 atom stereocenters. The van der Waals surface area contributed by atoms with Crippen LogP contribution in [0.15, 0.2) is 91.0 Å². The lowest BCUT2D eigenvalue weighted by molar-refractivity contribution is -0.141. The van der Waals surface area contributed by atoms with Crippen LogP contribution >= 0.6 is 0 Å². The maximum atomic E-state index is 15.0. The third-order valence-corrected chi connectivity index (χ3v) is 12.4. The molecular weight excluding hydrogens is 985 g/mol. The molecule has 0 spiro atoms. The van der Waals surface area contributed by atoms with E-state index in [9.17, 15) is 76.8 Å². The molecule has 23 heteroatoms. The van der Waals surface area contributed by atoms with E-state index in [0.29, 0.717) is 29.5 Å². The summed E-state index contributed by atoms with van der Waals surface area (Å²) >= 11 is 0. The maximum Gasteiger partial charge on any atom is 0.305 e. The topological polar surface area (TPSA) is 333 Å². The number of benzene rings is 3. The van der Waals surface area contributed by atoms with Crippen molar-refractivity contribution in [1.29, 1.82) is 0 Å². The molecule has 0 aromatic heterocycles. The Morgan fingerprint density at radius 2 is 0.987 bits per heavy atom. The van der Waals surface area contributed by atoms with E-state index in [1.165, 1.54) is 0 Å². The summed E-state index contributed by atoms with van der Waals surface area (Å²) in [6, 6.07) is 13.9. The molecule has 75 heavy (non-hydrogen) atoms. The molecule has 0 radical (unpaired) electrons. The van der Waals surface area contributed by atoms with Crippen LogP contribution in [0, 0.1) is 5.92 Å². The number of amides is 7. The molecule has 21 nitrogen and oxygen atoms in total. The molecule has 1 saturated carbocycles. The largest absolute Gasteiger partial charge is 0.481 e. The monoisotopic (exact) mass is 1050 g/mol. The van der Waals surface area contributed by atoms with Gasteiger partial charge in [0.25, 0.3) is 5.91 Å². The molecule has 0 unspecified atom stereocenters. The molecular formula is C52H63F2N7O14. The minimum atomic E-state index is -3.17. The van der Waals surface area contributed by atoms with E-state index < -0.39 is 152 Å². The van der Waals surface area contributed by atoms with Gasteiger partial charge in [0.15, 0.2) is 0 Å². The Labute approximate surface area is 430 Å². The Morgan fingerprint density at radius 3 is 1.48 bits per heavy atom. The number of ketones is 1. The highest BCUT2D eigenvalue weighted by atomic mass is 19.3. The number of hydrogen-bond donors (Lipinski definition) is 10. The van der Waals surface area contributed by atoms with Crippen LogP contribution in [0.2, 0.25) is 0 Å². The molecule has 3 aromatic rings. The zero-order valence-electron chi connectivity index (χ0n) is 41.1. The minimum Gasteiger partial charge on any atom is -0.481 e. The first-order chi connectivity index (χ1) is 35.7. The van der Waals surface area contributed by atoms with Crippen molar-refractivity contribution in [2.24, 2.45) is 5.92 Å². The smallest absolute Gasteiger partial charge is 0.305 e. The number of carboxylic acid groups (broad SMARTS) is 3. The molecule has 1 aliphatic rings. The minimum absolute atomic E-state index is 0.0888. The van der Waals surface area contributed by atoms with E-state index in [2.05, 4.69) is 37.2 Å². The zero-order valence-corrected chi connectivity index (χ0v) is 41.1. The van der Waals surface area contributed by atoms with Crippen LogP contribution in [0.1, 0.15) is 107 Å². The van der Waals surface area contributed by atoms with Crippen LogP contribution in [0.4, 0.5) is 8.78 Å². The van der Waals surface area contributed by atoms with Crippen LogP contribution in [0.5, 0.6) is 0 Å². The molecule has 4 rings (SSSR count). The Kier molecular flexibility index (Phi) is 23.9. The Morgan fingerprint density at radius 1 is 0.533 bits per heavy atom. The van der Waals surface area contributed by atoms with Gasteiger partial charge in [-0.2, -0.15) is 0 Å². The van der Waals surface area contributed by atoms with Gasteiger partial charge in [-0.1, -0.05) is 123 Å². The second kappa shape index (κ2) is 30.2. The van der Waals surface area contributed by atoms with E-state index in [1.54, 1.807) is 91.0 Å². The third-order valence-electron chi connectivity index (χ3n) is 12.4. The van der Waals surface area contributed by atoms with Crippen molar-refractivity contribution in [2.45, 2.75) is 139 Å². The SMILES string of the molecule is CC(=O)N[C@@H](CC(=O)O)C(=O)N[C@@H](CCC(=O)O)C(=O)N[C@H](C(=O)N[C@@H](CCC(=O)O)C(=O)N[C@@H](CC1CCCCC1)C(=O)N[C@@H](CC(F)F)C(=O)C(=O)NCc1ccccc1)C(c1ccccc1)c1ccccc1. The van der Waals surface area contributed by atoms with Gasteiger partial charge in [-0.25, -0.2) is 8.78 Å². The van der Waals surface area contributed by atoms with Crippen LogP contribution in [0.25, 0.3) is 0 Å². The van der Waals surface area contributed by atoms with Crippen LogP contribution in [-0.4, -0.2) is 123 Å². The highest BCUT2D eigenvalue weighted by Gasteiger charge is 2.39. The summed E-state index contributed by atoms with van der Waals surface area (Å²) in [5.41, 5.74) is 1.40. The quantitative estimate of drug-likeness (QED) is 0.0429. The van der Waals surface area contributed by atoms with E-state index in [-0.39, 0.29) is 18.9 Å². The van der Waals surface area contributed by atoms with Crippen molar-refractivity contribution < 1.29 is 76.8 Å². The van der Waals surface area contributed by atoms with Gasteiger partial charge in [0.05, 0.1) is 6.42 Å². The lowest BCUT2D eigenvalue weighted by atomic mass is 9.84. The van der Waals surface area contributed by atoms with E-state index >= 15 is 0 Å². The predicted octanol–water partition coefficient (Wildman–Crippen LogP) is 2.46. The second-order valence-corrected chi connectivity index (χ2v) is 18.1. The van der Waals surface area contributed by atoms with E-state index in [1.807, 2.05) is 0 Å².